The Hall–Kier alpha value is -3.35. The summed E-state index contributed by atoms with van der Waals surface area (Å²) in [5, 5.41) is 5.47. The molecule has 0 fully saturated rings. The maximum absolute atomic E-state index is 13.8. The number of aryl methyl sites for hydroxylation is 1. The van der Waals surface area contributed by atoms with Crippen LogP contribution in [0.5, 0.6) is 0 Å². The Morgan fingerprint density at radius 2 is 1.66 bits per heavy atom. The third kappa shape index (κ3) is 5.13. The van der Waals surface area contributed by atoms with E-state index in [4.69, 9.17) is 0 Å². The fourth-order valence-corrected chi connectivity index (χ4v) is 2.70. The number of hydrogen-bond acceptors (Lipinski definition) is 4. The van der Waals surface area contributed by atoms with Gasteiger partial charge >= 0.3 is 0 Å². The van der Waals surface area contributed by atoms with Crippen molar-refractivity contribution in [2.24, 2.45) is 0 Å². The van der Waals surface area contributed by atoms with E-state index in [2.05, 4.69) is 41.4 Å². The van der Waals surface area contributed by atoms with Crippen LogP contribution in [0.15, 0.2) is 48.5 Å². The summed E-state index contributed by atoms with van der Waals surface area (Å²) >= 11 is 0. The Morgan fingerprint density at radius 3 is 2.28 bits per heavy atom. The van der Waals surface area contributed by atoms with Gasteiger partial charge in [0.15, 0.2) is 0 Å². The fourth-order valence-electron chi connectivity index (χ4n) is 2.70. The Morgan fingerprint density at radius 1 is 0.966 bits per heavy atom. The summed E-state index contributed by atoms with van der Waals surface area (Å²) in [6.45, 7) is 8.13. The van der Waals surface area contributed by atoms with Crippen molar-refractivity contribution >= 4 is 23.2 Å². The predicted molar refractivity (Wildman–Crippen MR) is 110 cm³/mol. The molecule has 2 N–H and O–H groups in total. The van der Waals surface area contributed by atoms with Crippen LogP contribution in [0.1, 0.15) is 42.5 Å². The van der Waals surface area contributed by atoms with Gasteiger partial charge in [-0.3, -0.25) is 4.79 Å². The summed E-state index contributed by atoms with van der Waals surface area (Å²) in [4.78, 5) is 21.0. The minimum absolute atomic E-state index is 0.0409. The SMILES string of the molecule is Cc1cc(C(=O)Nc2ccc(F)cc2F)nc(Nc2ccc(C(C)(C)C)cc2)n1. The van der Waals surface area contributed by atoms with E-state index in [0.717, 1.165) is 17.8 Å². The van der Waals surface area contributed by atoms with Crippen molar-refractivity contribution in [1.29, 1.82) is 0 Å². The minimum atomic E-state index is -0.860. The molecule has 0 atom stereocenters. The highest BCUT2D eigenvalue weighted by molar-refractivity contribution is 6.03. The molecule has 1 amide bonds. The molecule has 0 spiro atoms. The molecule has 29 heavy (non-hydrogen) atoms. The highest BCUT2D eigenvalue weighted by Crippen LogP contribution is 2.24. The van der Waals surface area contributed by atoms with Gasteiger partial charge in [0.25, 0.3) is 5.91 Å². The van der Waals surface area contributed by atoms with Crippen molar-refractivity contribution in [2.45, 2.75) is 33.1 Å². The van der Waals surface area contributed by atoms with Gasteiger partial charge in [0.05, 0.1) is 5.69 Å². The summed E-state index contributed by atoms with van der Waals surface area (Å²) < 4.78 is 26.8. The van der Waals surface area contributed by atoms with E-state index in [1.54, 1.807) is 6.92 Å². The van der Waals surface area contributed by atoms with Gasteiger partial charge in [-0.25, -0.2) is 18.7 Å². The van der Waals surface area contributed by atoms with Gasteiger partial charge in [-0.15, -0.1) is 0 Å². The fraction of sp³-hybridized carbons (Fsp3) is 0.227. The molecule has 3 rings (SSSR count). The number of carbonyl (C=O) groups is 1. The lowest BCUT2D eigenvalue weighted by atomic mass is 9.87. The second kappa shape index (κ2) is 7.95. The Labute approximate surface area is 168 Å². The second-order valence-electron chi connectivity index (χ2n) is 7.75. The summed E-state index contributed by atoms with van der Waals surface area (Å²) in [6.07, 6.45) is 0. The smallest absolute Gasteiger partial charge is 0.274 e. The van der Waals surface area contributed by atoms with E-state index in [1.807, 2.05) is 24.3 Å². The van der Waals surface area contributed by atoms with Crippen molar-refractivity contribution in [3.63, 3.8) is 0 Å². The monoisotopic (exact) mass is 396 g/mol. The molecule has 1 aromatic heterocycles. The van der Waals surface area contributed by atoms with Crippen LogP contribution < -0.4 is 10.6 Å². The molecule has 2 aromatic carbocycles. The van der Waals surface area contributed by atoms with Gasteiger partial charge in [0.2, 0.25) is 5.95 Å². The molecule has 0 saturated heterocycles. The Bertz CT molecular complexity index is 1040. The van der Waals surface area contributed by atoms with E-state index in [0.29, 0.717) is 11.8 Å². The van der Waals surface area contributed by atoms with Gasteiger partial charge in [-0.2, -0.15) is 0 Å². The number of hydrogen-bond donors (Lipinski definition) is 2. The number of amides is 1. The third-order valence-corrected chi connectivity index (χ3v) is 4.27. The molecule has 3 aromatic rings. The maximum atomic E-state index is 13.8. The molecule has 150 valence electrons. The van der Waals surface area contributed by atoms with Crippen molar-refractivity contribution in [2.75, 3.05) is 10.6 Å². The van der Waals surface area contributed by atoms with Crippen LogP contribution in [0.25, 0.3) is 0 Å². The first-order valence-electron chi connectivity index (χ1n) is 9.11. The Kier molecular flexibility index (Phi) is 5.59. The second-order valence-corrected chi connectivity index (χ2v) is 7.75. The Balaban J connectivity index is 1.79. The number of rotatable bonds is 4. The molecule has 0 aliphatic carbocycles. The van der Waals surface area contributed by atoms with E-state index in [1.165, 1.54) is 11.6 Å². The summed E-state index contributed by atoms with van der Waals surface area (Å²) in [6, 6.07) is 12.3. The zero-order valence-corrected chi connectivity index (χ0v) is 16.7. The highest BCUT2D eigenvalue weighted by Gasteiger charge is 2.15. The number of anilines is 3. The van der Waals surface area contributed by atoms with Crippen LogP contribution >= 0.6 is 0 Å². The molecule has 7 heteroatoms. The average Bonchev–Trinajstić information content (AvgIpc) is 2.63. The van der Waals surface area contributed by atoms with Crippen LogP contribution in [0, 0.1) is 18.6 Å². The highest BCUT2D eigenvalue weighted by atomic mass is 19.1. The number of carbonyl (C=O) groups excluding carboxylic acids is 1. The van der Waals surface area contributed by atoms with Gasteiger partial charge in [0.1, 0.15) is 17.3 Å². The zero-order chi connectivity index (χ0) is 21.2. The number of nitrogens with one attached hydrogen (secondary N) is 2. The molecular formula is C22H22F2N4O. The van der Waals surface area contributed by atoms with Gasteiger partial charge in [-0.1, -0.05) is 32.9 Å². The quantitative estimate of drug-likeness (QED) is 0.623. The molecule has 0 saturated carbocycles. The van der Waals surface area contributed by atoms with Crippen molar-refractivity contribution in [3.05, 3.63) is 77.1 Å². The van der Waals surface area contributed by atoms with E-state index < -0.39 is 17.5 Å². The standard InChI is InChI=1S/C22H22F2N4O/c1-13-11-19(20(29)27-18-10-7-15(23)12-17(18)24)28-21(25-13)26-16-8-5-14(6-9-16)22(2,3)4/h5-12H,1-4H3,(H,27,29)(H,25,26,28). The van der Waals surface area contributed by atoms with E-state index in [9.17, 15) is 13.6 Å². The normalized spacial score (nSPS) is 11.2. The molecular weight excluding hydrogens is 374 g/mol. The van der Waals surface area contributed by atoms with Crippen molar-refractivity contribution in [3.8, 4) is 0 Å². The topological polar surface area (TPSA) is 66.9 Å². The zero-order valence-electron chi connectivity index (χ0n) is 16.7. The van der Waals surface area contributed by atoms with Crippen molar-refractivity contribution < 1.29 is 13.6 Å². The molecule has 0 unspecified atom stereocenters. The summed E-state index contributed by atoms with van der Waals surface area (Å²) in [5.41, 5.74) is 2.52. The summed E-state index contributed by atoms with van der Waals surface area (Å²) in [7, 11) is 0. The van der Waals surface area contributed by atoms with Crippen LogP contribution in [0.2, 0.25) is 0 Å². The first-order chi connectivity index (χ1) is 13.6. The van der Waals surface area contributed by atoms with E-state index in [-0.39, 0.29) is 22.7 Å². The van der Waals surface area contributed by atoms with Crippen LogP contribution in [0.4, 0.5) is 26.1 Å². The molecule has 0 radical (unpaired) electrons. The van der Waals surface area contributed by atoms with Gasteiger partial charge < -0.3 is 10.6 Å². The molecule has 0 bridgehead atoms. The van der Waals surface area contributed by atoms with Crippen LogP contribution in [-0.4, -0.2) is 15.9 Å². The molecule has 5 nitrogen and oxygen atoms in total. The van der Waals surface area contributed by atoms with Crippen LogP contribution in [-0.2, 0) is 5.41 Å². The number of aromatic nitrogens is 2. The minimum Gasteiger partial charge on any atom is -0.324 e. The maximum Gasteiger partial charge on any atom is 0.274 e. The number of benzene rings is 2. The average molecular weight is 396 g/mol. The summed E-state index contributed by atoms with van der Waals surface area (Å²) in [5.74, 6) is -1.95. The van der Waals surface area contributed by atoms with Gasteiger partial charge in [-0.05, 0) is 48.2 Å². The third-order valence-electron chi connectivity index (χ3n) is 4.27. The van der Waals surface area contributed by atoms with E-state index >= 15 is 0 Å². The van der Waals surface area contributed by atoms with Crippen molar-refractivity contribution in [1.82, 2.24) is 9.97 Å². The molecule has 0 aliphatic rings. The number of nitrogens with zero attached hydrogens (tertiary/aromatic N) is 2. The lowest BCUT2D eigenvalue weighted by molar-refractivity contribution is 0.102. The largest absolute Gasteiger partial charge is 0.324 e. The lowest BCUT2D eigenvalue weighted by Gasteiger charge is -2.19. The first-order valence-corrected chi connectivity index (χ1v) is 9.11. The molecule has 0 aliphatic heterocycles. The number of halogens is 2. The van der Waals surface area contributed by atoms with Gasteiger partial charge in [0, 0.05) is 17.4 Å². The first kappa shape index (κ1) is 20.4. The lowest BCUT2D eigenvalue weighted by Crippen LogP contribution is -2.16. The van der Waals surface area contributed by atoms with Crippen LogP contribution in [0.3, 0.4) is 0 Å². The molecule has 1 heterocycles. The predicted octanol–water partition coefficient (Wildman–Crippen LogP) is 5.36.